The van der Waals surface area contributed by atoms with Crippen molar-refractivity contribution in [3.05, 3.63) is 46.7 Å². The Morgan fingerprint density at radius 1 is 1.19 bits per heavy atom. The second-order valence-electron chi connectivity index (χ2n) is 4.28. The zero-order chi connectivity index (χ0) is 15.6. The van der Waals surface area contributed by atoms with Gasteiger partial charge in [-0.25, -0.2) is 9.37 Å². The summed E-state index contributed by atoms with van der Waals surface area (Å²) in [5.41, 5.74) is -0.795. The van der Waals surface area contributed by atoms with E-state index in [-0.39, 0.29) is 22.1 Å². The summed E-state index contributed by atoms with van der Waals surface area (Å²) in [4.78, 5) is 4.05. The molecule has 1 aromatic carbocycles. The van der Waals surface area contributed by atoms with E-state index >= 15 is 0 Å². The smallest absolute Gasteiger partial charge is 0.370 e. The van der Waals surface area contributed by atoms with Crippen molar-refractivity contribution in [3.8, 4) is 11.3 Å². The van der Waals surface area contributed by atoms with E-state index in [1.807, 2.05) is 0 Å². The number of hydrogen-bond acceptors (Lipinski definition) is 2. The molecule has 0 amide bonds. The fourth-order valence-electron chi connectivity index (χ4n) is 1.80. The van der Waals surface area contributed by atoms with Gasteiger partial charge in [-0.15, -0.1) is 0 Å². The van der Waals surface area contributed by atoms with Crippen molar-refractivity contribution in [2.45, 2.75) is 13.1 Å². The summed E-state index contributed by atoms with van der Waals surface area (Å²) in [5.74, 6) is -0.540. The lowest BCUT2D eigenvalue weighted by Crippen LogP contribution is -2.09. The monoisotopic (exact) mass is 318 g/mol. The zero-order valence-electron chi connectivity index (χ0n) is 10.9. The minimum absolute atomic E-state index is 0.0368. The summed E-state index contributed by atoms with van der Waals surface area (Å²) in [6.45, 7) is 2.14. The van der Waals surface area contributed by atoms with Crippen LogP contribution in [-0.4, -0.2) is 11.5 Å². The molecular weight excluding hydrogens is 308 g/mol. The SMILES string of the molecule is CCNc1cc(C(F)(F)F)cc(-c2cc(F)ccc2Cl)n1. The molecule has 0 unspecified atom stereocenters. The van der Waals surface area contributed by atoms with Crippen LogP contribution in [0.15, 0.2) is 30.3 Å². The highest BCUT2D eigenvalue weighted by Crippen LogP contribution is 2.35. The second-order valence-corrected chi connectivity index (χ2v) is 4.69. The van der Waals surface area contributed by atoms with Gasteiger partial charge in [0, 0.05) is 12.1 Å². The predicted molar refractivity (Wildman–Crippen MR) is 73.8 cm³/mol. The molecule has 2 aromatic rings. The molecule has 2 rings (SSSR count). The van der Waals surface area contributed by atoms with E-state index in [0.29, 0.717) is 6.54 Å². The number of benzene rings is 1. The van der Waals surface area contributed by atoms with Gasteiger partial charge >= 0.3 is 6.18 Å². The minimum Gasteiger partial charge on any atom is -0.370 e. The Kier molecular flexibility index (Phi) is 4.37. The van der Waals surface area contributed by atoms with Crippen LogP contribution >= 0.6 is 11.6 Å². The predicted octanol–water partition coefficient (Wildman–Crippen LogP) is 4.99. The lowest BCUT2D eigenvalue weighted by Gasteiger charge is -2.13. The van der Waals surface area contributed by atoms with Gasteiger partial charge in [-0.3, -0.25) is 0 Å². The van der Waals surface area contributed by atoms with Crippen LogP contribution in [0.5, 0.6) is 0 Å². The summed E-state index contributed by atoms with van der Waals surface area (Å²) >= 11 is 5.92. The molecule has 0 aliphatic heterocycles. The van der Waals surface area contributed by atoms with Crippen LogP contribution in [0.3, 0.4) is 0 Å². The third-order valence-electron chi connectivity index (χ3n) is 2.71. The lowest BCUT2D eigenvalue weighted by molar-refractivity contribution is -0.137. The molecule has 0 atom stereocenters. The number of anilines is 1. The van der Waals surface area contributed by atoms with Crippen molar-refractivity contribution in [2.75, 3.05) is 11.9 Å². The maximum Gasteiger partial charge on any atom is 0.416 e. The van der Waals surface area contributed by atoms with Gasteiger partial charge < -0.3 is 5.32 Å². The molecule has 1 heterocycles. The van der Waals surface area contributed by atoms with E-state index in [9.17, 15) is 17.6 Å². The standard InChI is InChI=1S/C14H11ClF4N2/c1-2-20-13-6-8(14(17,18)19)5-12(21-13)10-7-9(16)3-4-11(10)15/h3-7H,2H2,1H3,(H,20,21). The third-order valence-corrected chi connectivity index (χ3v) is 3.04. The Hall–Kier alpha value is -1.82. The molecule has 0 aliphatic rings. The van der Waals surface area contributed by atoms with Crippen LogP contribution in [0.1, 0.15) is 12.5 Å². The van der Waals surface area contributed by atoms with E-state index in [4.69, 9.17) is 11.6 Å². The first-order valence-electron chi connectivity index (χ1n) is 6.10. The summed E-state index contributed by atoms with van der Waals surface area (Å²) in [6.07, 6.45) is -4.53. The maximum absolute atomic E-state index is 13.3. The zero-order valence-corrected chi connectivity index (χ0v) is 11.7. The molecule has 7 heteroatoms. The highest BCUT2D eigenvalue weighted by Gasteiger charge is 2.32. The van der Waals surface area contributed by atoms with Crippen LogP contribution in [0.4, 0.5) is 23.4 Å². The Morgan fingerprint density at radius 2 is 1.90 bits per heavy atom. The molecule has 1 N–H and O–H groups in total. The first-order valence-corrected chi connectivity index (χ1v) is 6.47. The fourth-order valence-corrected chi connectivity index (χ4v) is 2.01. The second kappa shape index (κ2) is 5.89. The Bertz CT molecular complexity index is 656. The van der Waals surface area contributed by atoms with E-state index in [2.05, 4.69) is 10.3 Å². The molecular formula is C14H11ClF4N2. The van der Waals surface area contributed by atoms with Gasteiger partial charge in [0.25, 0.3) is 0 Å². The Morgan fingerprint density at radius 3 is 2.52 bits per heavy atom. The van der Waals surface area contributed by atoms with Crippen molar-refractivity contribution in [3.63, 3.8) is 0 Å². The maximum atomic E-state index is 13.3. The van der Waals surface area contributed by atoms with Gasteiger partial charge in [-0.1, -0.05) is 11.6 Å². The molecule has 0 aliphatic carbocycles. The molecule has 0 bridgehead atoms. The average molecular weight is 319 g/mol. The molecule has 1 aromatic heterocycles. The van der Waals surface area contributed by atoms with Crippen LogP contribution in [0.2, 0.25) is 5.02 Å². The number of hydrogen-bond donors (Lipinski definition) is 1. The molecule has 0 fully saturated rings. The molecule has 0 saturated carbocycles. The topological polar surface area (TPSA) is 24.9 Å². The molecule has 21 heavy (non-hydrogen) atoms. The summed E-state index contributed by atoms with van der Waals surface area (Å²) in [5, 5.41) is 2.85. The number of nitrogens with zero attached hydrogens (tertiary/aromatic N) is 1. The Labute approximate surface area is 123 Å². The van der Waals surface area contributed by atoms with Gasteiger partial charge in [0.15, 0.2) is 0 Å². The molecule has 2 nitrogen and oxygen atoms in total. The van der Waals surface area contributed by atoms with E-state index in [0.717, 1.165) is 24.3 Å². The first kappa shape index (κ1) is 15.6. The summed E-state index contributed by atoms with van der Waals surface area (Å²) < 4.78 is 52.1. The van der Waals surface area contributed by atoms with Gasteiger partial charge in [0.05, 0.1) is 16.3 Å². The third kappa shape index (κ3) is 3.64. The van der Waals surface area contributed by atoms with Gasteiger partial charge in [-0.05, 0) is 37.3 Å². The van der Waals surface area contributed by atoms with Gasteiger partial charge in [0.2, 0.25) is 0 Å². The quantitative estimate of drug-likeness (QED) is 0.806. The van der Waals surface area contributed by atoms with Crippen LogP contribution in [0, 0.1) is 5.82 Å². The first-order chi connectivity index (χ1) is 9.81. The van der Waals surface area contributed by atoms with Crippen molar-refractivity contribution < 1.29 is 17.6 Å². The molecule has 0 saturated heterocycles. The number of pyridine rings is 1. The highest BCUT2D eigenvalue weighted by atomic mass is 35.5. The highest BCUT2D eigenvalue weighted by molar-refractivity contribution is 6.33. The molecule has 0 spiro atoms. The summed E-state index contributed by atoms with van der Waals surface area (Å²) in [7, 11) is 0. The van der Waals surface area contributed by atoms with E-state index in [1.54, 1.807) is 6.92 Å². The number of halogens is 5. The molecule has 112 valence electrons. The van der Waals surface area contributed by atoms with Crippen molar-refractivity contribution in [1.29, 1.82) is 0 Å². The fraction of sp³-hybridized carbons (Fsp3) is 0.214. The van der Waals surface area contributed by atoms with Crippen LogP contribution in [0.25, 0.3) is 11.3 Å². The van der Waals surface area contributed by atoms with Crippen molar-refractivity contribution >= 4 is 17.4 Å². The normalized spacial score (nSPS) is 11.5. The average Bonchev–Trinajstić information content (AvgIpc) is 2.40. The summed E-state index contributed by atoms with van der Waals surface area (Å²) in [6, 6.07) is 5.22. The Balaban J connectivity index is 2.62. The van der Waals surface area contributed by atoms with Crippen LogP contribution in [-0.2, 0) is 6.18 Å². The van der Waals surface area contributed by atoms with Gasteiger partial charge in [0.1, 0.15) is 11.6 Å². The van der Waals surface area contributed by atoms with Crippen LogP contribution < -0.4 is 5.32 Å². The number of nitrogens with one attached hydrogen (secondary N) is 1. The van der Waals surface area contributed by atoms with E-state index < -0.39 is 17.6 Å². The largest absolute Gasteiger partial charge is 0.416 e. The van der Waals surface area contributed by atoms with Gasteiger partial charge in [-0.2, -0.15) is 13.2 Å². The number of rotatable bonds is 3. The molecule has 0 radical (unpaired) electrons. The lowest BCUT2D eigenvalue weighted by atomic mass is 10.1. The van der Waals surface area contributed by atoms with Crippen molar-refractivity contribution in [1.82, 2.24) is 4.98 Å². The number of alkyl halides is 3. The minimum atomic E-state index is -4.53. The number of aromatic nitrogens is 1. The van der Waals surface area contributed by atoms with E-state index in [1.165, 1.54) is 6.07 Å². The van der Waals surface area contributed by atoms with Crippen molar-refractivity contribution in [2.24, 2.45) is 0 Å².